The summed E-state index contributed by atoms with van der Waals surface area (Å²) < 4.78 is 0. The quantitative estimate of drug-likeness (QED) is 0.662. The maximum Gasteiger partial charge on any atom is 0.251 e. The fourth-order valence-corrected chi connectivity index (χ4v) is 3.02. The molecule has 2 N–H and O–H groups in total. The lowest BCUT2D eigenvalue weighted by molar-refractivity contribution is -0.133. The van der Waals surface area contributed by atoms with E-state index in [0.717, 1.165) is 0 Å². The Morgan fingerprint density at radius 3 is 2.33 bits per heavy atom. The van der Waals surface area contributed by atoms with E-state index in [1.54, 1.807) is 12.1 Å². The number of carbonyl (C=O) groups excluding carboxylic acids is 3. The van der Waals surface area contributed by atoms with Crippen molar-refractivity contribution >= 4 is 17.7 Å². The van der Waals surface area contributed by atoms with Crippen LogP contribution in [0.1, 0.15) is 37.0 Å². The minimum atomic E-state index is -0.115. The average molecular weight is 374 g/mol. The van der Waals surface area contributed by atoms with Gasteiger partial charge in [-0.15, -0.1) is 0 Å². The van der Waals surface area contributed by atoms with Gasteiger partial charge in [0, 0.05) is 50.7 Å². The first-order valence-electron chi connectivity index (χ1n) is 9.58. The van der Waals surface area contributed by atoms with Crippen molar-refractivity contribution in [2.75, 3.05) is 39.3 Å². The second-order valence-electron chi connectivity index (χ2n) is 7.10. The highest BCUT2D eigenvalue weighted by atomic mass is 16.2. The minimum Gasteiger partial charge on any atom is -0.353 e. The predicted octanol–water partition coefficient (Wildman–Crippen LogP) is 0.865. The van der Waals surface area contributed by atoms with Crippen molar-refractivity contribution in [2.45, 2.75) is 32.7 Å². The van der Waals surface area contributed by atoms with E-state index >= 15 is 0 Å². The van der Waals surface area contributed by atoms with E-state index < -0.39 is 0 Å². The molecule has 3 amide bonds. The smallest absolute Gasteiger partial charge is 0.251 e. The molecule has 0 aliphatic carbocycles. The van der Waals surface area contributed by atoms with Gasteiger partial charge in [-0.25, -0.2) is 0 Å². The van der Waals surface area contributed by atoms with Gasteiger partial charge < -0.3 is 15.5 Å². The molecule has 1 saturated heterocycles. The summed E-state index contributed by atoms with van der Waals surface area (Å²) in [4.78, 5) is 40.0. The van der Waals surface area contributed by atoms with Gasteiger partial charge in [0.05, 0.1) is 6.54 Å². The average Bonchev–Trinajstić information content (AvgIpc) is 2.65. The number of benzene rings is 1. The zero-order chi connectivity index (χ0) is 19.6. The lowest BCUT2D eigenvalue weighted by Gasteiger charge is -2.34. The summed E-state index contributed by atoms with van der Waals surface area (Å²) >= 11 is 0. The molecule has 0 saturated carbocycles. The number of nitrogens with zero attached hydrogens (tertiary/aromatic N) is 2. The Kier molecular flexibility index (Phi) is 8.26. The van der Waals surface area contributed by atoms with Crippen molar-refractivity contribution < 1.29 is 14.4 Å². The largest absolute Gasteiger partial charge is 0.353 e. The molecular weight excluding hydrogens is 344 g/mol. The number of nitrogens with one attached hydrogen (secondary N) is 2. The molecule has 0 radical (unpaired) electrons. The van der Waals surface area contributed by atoms with Crippen molar-refractivity contribution in [1.29, 1.82) is 0 Å². The van der Waals surface area contributed by atoms with E-state index in [1.165, 1.54) is 0 Å². The van der Waals surface area contributed by atoms with Gasteiger partial charge in [-0.2, -0.15) is 0 Å². The van der Waals surface area contributed by atoms with Crippen LogP contribution in [0.15, 0.2) is 30.3 Å². The zero-order valence-corrected chi connectivity index (χ0v) is 16.2. The summed E-state index contributed by atoms with van der Waals surface area (Å²) in [5, 5.41) is 5.72. The summed E-state index contributed by atoms with van der Waals surface area (Å²) in [5.41, 5.74) is 0.626. The first kappa shape index (κ1) is 20.9. The van der Waals surface area contributed by atoms with Crippen LogP contribution in [0.4, 0.5) is 0 Å². The number of piperazine rings is 1. The highest BCUT2D eigenvalue weighted by Gasteiger charge is 2.22. The Morgan fingerprint density at radius 2 is 1.70 bits per heavy atom. The van der Waals surface area contributed by atoms with E-state index in [9.17, 15) is 14.4 Å². The molecule has 1 aromatic rings. The van der Waals surface area contributed by atoms with E-state index in [0.29, 0.717) is 57.7 Å². The molecule has 1 fully saturated rings. The van der Waals surface area contributed by atoms with Gasteiger partial charge in [0.15, 0.2) is 0 Å². The van der Waals surface area contributed by atoms with Crippen LogP contribution in [-0.2, 0) is 9.59 Å². The maximum atomic E-state index is 12.3. The molecule has 1 heterocycles. The third-order valence-electron chi connectivity index (χ3n) is 4.43. The number of hydrogen-bond acceptors (Lipinski definition) is 4. The minimum absolute atomic E-state index is 0.0268. The first-order valence-corrected chi connectivity index (χ1v) is 9.58. The second-order valence-corrected chi connectivity index (χ2v) is 7.10. The van der Waals surface area contributed by atoms with Crippen LogP contribution in [0.5, 0.6) is 0 Å². The molecule has 0 spiro atoms. The molecule has 0 aromatic heterocycles. The molecule has 148 valence electrons. The van der Waals surface area contributed by atoms with Crippen LogP contribution in [0.25, 0.3) is 0 Å². The standard InChI is InChI=1S/C20H30N4O3/c1-16(2)22-18(25)15-23-11-13-24(14-12-23)19(26)9-6-10-21-20(27)17-7-4-3-5-8-17/h3-5,7-8,16H,6,9-15H2,1-2H3,(H,21,27)(H,22,25). The molecule has 7 nitrogen and oxygen atoms in total. The topological polar surface area (TPSA) is 81.8 Å². The summed E-state index contributed by atoms with van der Waals surface area (Å²) in [5.74, 6) is 0.0190. The molecule has 0 unspecified atom stereocenters. The third-order valence-corrected chi connectivity index (χ3v) is 4.43. The van der Waals surface area contributed by atoms with Crippen molar-refractivity contribution in [2.24, 2.45) is 0 Å². The van der Waals surface area contributed by atoms with E-state index in [4.69, 9.17) is 0 Å². The number of rotatable bonds is 8. The van der Waals surface area contributed by atoms with Gasteiger partial charge in [0.1, 0.15) is 0 Å². The van der Waals surface area contributed by atoms with Gasteiger partial charge in [-0.1, -0.05) is 18.2 Å². The van der Waals surface area contributed by atoms with Gasteiger partial charge in [-0.3, -0.25) is 19.3 Å². The normalized spacial score (nSPS) is 14.9. The molecule has 1 aromatic carbocycles. The van der Waals surface area contributed by atoms with Gasteiger partial charge in [-0.05, 0) is 32.4 Å². The van der Waals surface area contributed by atoms with Crippen LogP contribution in [0.2, 0.25) is 0 Å². The monoisotopic (exact) mass is 374 g/mol. The van der Waals surface area contributed by atoms with Crippen molar-refractivity contribution in [3.8, 4) is 0 Å². The highest BCUT2D eigenvalue weighted by molar-refractivity contribution is 5.94. The third kappa shape index (κ3) is 7.38. The Bertz CT molecular complexity index is 625. The number of hydrogen-bond donors (Lipinski definition) is 2. The van der Waals surface area contributed by atoms with E-state index in [-0.39, 0.29) is 23.8 Å². The molecule has 0 atom stereocenters. The Labute approximate surface area is 161 Å². The fourth-order valence-electron chi connectivity index (χ4n) is 3.02. The molecule has 27 heavy (non-hydrogen) atoms. The maximum absolute atomic E-state index is 12.3. The van der Waals surface area contributed by atoms with Crippen LogP contribution in [0, 0.1) is 0 Å². The Balaban J connectivity index is 1.60. The van der Waals surface area contributed by atoms with Crippen molar-refractivity contribution in [1.82, 2.24) is 20.4 Å². The summed E-state index contributed by atoms with van der Waals surface area (Å²) in [7, 11) is 0. The highest BCUT2D eigenvalue weighted by Crippen LogP contribution is 2.05. The van der Waals surface area contributed by atoms with Crippen LogP contribution < -0.4 is 10.6 Å². The lowest BCUT2D eigenvalue weighted by Crippen LogP contribution is -2.51. The molecular formula is C20H30N4O3. The first-order chi connectivity index (χ1) is 13.0. The molecule has 0 bridgehead atoms. The van der Waals surface area contributed by atoms with Crippen molar-refractivity contribution in [3.63, 3.8) is 0 Å². The SMILES string of the molecule is CC(C)NC(=O)CN1CCN(C(=O)CCCNC(=O)c2ccccc2)CC1. The van der Waals surface area contributed by atoms with Gasteiger partial charge in [0.2, 0.25) is 11.8 Å². The molecule has 7 heteroatoms. The molecule has 1 aliphatic heterocycles. The lowest BCUT2D eigenvalue weighted by atomic mass is 10.2. The summed E-state index contributed by atoms with van der Waals surface area (Å²) in [6.07, 6.45) is 1.04. The van der Waals surface area contributed by atoms with Crippen LogP contribution in [0.3, 0.4) is 0 Å². The second kappa shape index (κ2) is 10.7. The summed E-state index contributed by atoms with van der Waals surface area (Å²) in [6, 6.07) is 9.19. The van der Waals surface area contributed by atoms with Crippen molar-refractivity contribution in [3.05, 3.63) is 35.9 Å². The van der Waals surface area contributed by atoms with E-state index in [1.807, 2.05) is 36.9 Å². The predicted molar refractivity (Wildman–Crippen MR) is 104 cm³/mol. The number of carbonyl (C=O) groups is 3. The number of amides is 3. The Hall–Kier alpha value is -2.41. The fraction of sp³-hybridized carbons (Fsp3) is 0.550. The van der Waals surface area contributed by atoms with E-state index in [2.05, 4.69) is 15.5 Å². The molecule has 1 aliphatic rings. The van der Waals surface area contributed by atoms with Crippen LogP contribution >= 0.6 is 0 Å². The Morgan fingerprint density at radius 1 is 1.04 bits per heavy atom. The van der Waals surface area contributed by atoms with Gasteiger partial charge >= 0.3 is 0 Å². The zero-order valence-electron chi connectivity index (χ0n) is 16.2. The van der Waals surface area contributed by atoms with Crippen LogP contribution in [-0.4, -0.2) is 72.8 Å². The molecule has 2 rings (SSSR count). The summed E-state index contributed by atoms with van der Waals surface area (Å²) in [6.45, 7) is 7.45. The van der Waals surface area contributed by atoms with Gasteiger partial charge in [0.25, 0.3) is 5.91 Å².